The highest BCUT2D eigenvalue weighted by Gasteiger charge is 2.17. The van der Waals surface area contributed by atoms with E-state index in [0.717, 1.165) is 31.7 Å². The molecule has 17 heavy (non-hydrogen) atoms. The first-order valence-corrected chi connectivity index (χ1v) is 5.90. The van der Waals surface area contributed by atoms with Gasteiger partial charge in [-0.15, -0.1) is 0 Å². The van der Waals surface area contributed by atoms with E-state index in [4.69, 9.17) is 9.84 Å². The molecule has 2 N–H and O–H groups in total. The quantitative estimate of drug-likeness (QED) is 0.789. The average molecular weight is 235 g/mol. The molecule has 4 heteroatoms. The van der Waals surface area contributed by atoms with Crippen molar-refractivity contribution in [2.75, 3.05) is 18.5 Å². The number of carbonyl (C=O) groups is 1. The number of phenols is 1. The molecule has 2 rings (SSSR count). The Morgan fingerprint density at radius 3 is 2.59 bits per heavy atom. The summed E-state index contributed by atoms with van der Waals surface area (Å²) in [6.45, 7) is 1.52. The summed E-state index contributed by atoms with van der Waals surface area (Å²) in [5, 5.41) is 12.0. The van der Waals surface area contributed by atoms with Crippen LogP contribution in [0.5, 0.6) is 5.75 Å². The molecule has 4 nitrogen and oxygen atoms in total. The van der Waals surface area contributed by atoms with E-state index < -0.39 is 0 Å². The smallest absolute Gasteiger partial charge is 0.224 e. The zero-order chi connectivity index (χ0) is 12.1. The predicted octanol–water partition coefficient (Wildman–Crippen LogP) is 2.15. The van der Waals surface area contributed by atoms with E-state index in [-0.39, 0.29) is 11.7 Å². The molecular weight excluding hydrogens is 218 g/mol. The summed E-state index contributed by atoms with van der Waals surface area (Å²) in [5.41, 5.74) is 0.722. The van der Waals surface area contributed by atoms with E-state index in [1.54, 1.807) is 24.3 Å². The molecule has 1 aliphatic heterocycles. The zero-order valence-electron chi connectivity index (χ0n) is 9.69. The molecule has 0 radical (unpaired) electrons. The molecule has 0 aliphatic carbocycles. The minimum Gasteiger partial charge on any atom is -0.508 e. The number of hydrogen-bond donors (Lipinski definition) is 2. The van der Waals surface area contributed by atoms with Gasteiger partial charge in [-0.1, -0.05) is 0 Å². The standard InChI is InChI=1S/C13H17NO3/c15-12-3-1-11(2-4-12)14-13(16)9-10-5-7-17-8-6-10/h1-4,10,15H,5-9H2,(H,14,16). The van der Waals surface area contributed by atoms with Crippen molar-refractivity contribution in [3.63, 3.8) is 0 Å². The van der Waals surface area contributed by atoms with Gasteiger partial charge in [-0.2, -0.15) is 0 Å². The van der Waals surface area contributed by atoms with Crippen LogP contribution in [-0.4, -0.2) is 24.2 Å². The Morgan fingerprint density at radius 2 is 1.94 bits per heavy atom. The Balaban J connectivity index is 1.82. The molecular formula is C13H17NO3. The molecule has 1 aromatic carbocycles. The van der Waals surface area contributed by atoms with Crippen molar-refractivity contribution in [2.24, 2.45) is 5.92 Å². The zero-order valence-corrected chi connectivity index (χ0v) is 9.69. The maximum atomic E-state index is 11.8. The van der Waals surface area contributed by atoms with E-state index in [0.29, 0.717) is 12.3 Å². The minimum atomic E-state index is 0.0302. The Labute approximate surface area is 101 Å². The number of benzene rings is 1. The first-order valence-electron chi connectivity index (χ1n) is 5.90. The van der Waals surface area contributed by atoms with Crippen molar-refractivity contribution < 1.29 is 14.6 Å². The molecule has 1 amide bonds. The average Bonchev–Trinajstić information content (AvgIpc) is 2.33. The number of hydrogen-bond acceptors (Lipinski definition) is 3. The van der Waals surface area contributed by atoms with Crippen molar-refractivity contribution in [1.82, 2.24) is 0 Å². The summed E-state index contributed by atoms with van der Waals surface area (Å²) in [5.74, 6) is 0.663. The van der Waals surface area contributed by atoms with E-state index in [1.807, 2.05) is 0 Å². The van der Waals surface area contributed by atoms with Crippen molar-refractivity contribution in [2.45, 2.75) is 19.3 Å². The minimum absolute atomic E-state index is 0.0302. The van der Waals surface area contributed by atoms with Gasteiger partial charge in [-0.3, -0.25) is 4.79 Å². The molecule has 0 atom stereocenters. The van der Waals surface area contributed by atoms with Gasteiger partial charge in [0.1, 0.15) is 5.75 Å². The first kappa shape index (κ1) is 11.9. The van der Waals surface area contributed by atoms with Crippen LogP contribution in [0.4, 0.5) is 5.69 Å². The molecule has 0 saturated carbocycles. The SMILES string of the molecule is O=C(CC1CCOCC1)Nc1ccc(O)cc1. The second-order valence-electron chi connectivity index (χ2n) is 4.35. The van der Waals surface area contributed by atoms with Crippen LogP contribution in [0.3, 0.4) is 0 Å². The number of anilines is 1. The maximum absolute atomic E-state index is 11.8. The Hall–Kier alpha value is -1.55. The molecule has 1 aliphatic rings. The van der Waals surface area contributed by atoms with Gasteiger partial charge in [0.15, 0.2) is 0 Å². The van der Waals surface area contributed by atoms with Gasteiger partial charge in [-0.05, 0) is 43.0 Å². The summed E-state index contributed by atoms with van der Waals surface area (Å²) >= 11 is 0. The van der Waals surface area contributed by atoms with Crippen LogP contribution in [0.2, 0.25) is 0 Å². The lowest BCUT2D eigenvalue weighted by atomic mass is 9.96. The number of nitrogens with one attached hydrogen (secondary N) is 1. The van der Waals surface area contributed by atoms with Crippen LogP contribution >= 0.6 is 0 Å². The van der Waals surface area contributed by atoms with Crippen LogP contribution in [0.1, 0.15) is 19.3 Å². The van der Waals surface area contributed by atoms with Crippen LogP contribution in [0.25, 0.3) is 0 Å². The third-order valence-corrected chi connectivity index (χ3v) is 2.97. The lowest BCUT2D eigenvalue weighted by Gasteiger charge is -2.21. The largest absolute Gasteiger partial charge is 0.508 e. The highest BCUT2D eigenvalue weighted by Crippen LogP contribution is 2.20. The fourth-order valence-corrected chi connectivity index (χ4v) is 1.97. The Kier molecular flexibility index (Phi) is 3.98. The molecule has 1 fully saturated rings. The molecule has 92 valence electrons. The highest BCUT2D eigenvalue weighted by atomic mass is 16.5. The number of ether oxygens (including phenoxy) is 1. The van der Waals surface area contributed by atoms with Crippen molar-refractivity contribution in [3.05, 3.63) is 24.3 Å². The lowest BCUT2D eigenvalue weighted by Crippen LogP contribution is -2.22. The number of phenolic OH excluding ortho intramolecular Hbond substituents is 1. The fraction of sp³-hybridized carbons (Fsp3) is 0.462. The molecule has 0 aromatic heterocycles. The molecule has 0 spiro atoms. The molecule has 0 bridgehead atoms. The Morgan fingerprint density at radius 1 is 1.29 bits per heavy atom. The first-order chi connectivity index (χ1) is 8.24. The second-order valence-corrected chi connectivity index (χ2v) is 4.35. The normalized spacial score (nSPS) is 16.7. The fourth-order valence-electron chi connectivity index (χ4n) is 1.97. The summed E-state index contributed by atoms with van der Waals surface area (Å²) in [7, 11) is 0. The number of carbonyl (C=O) groups excluding carboxylic acids is 1. The number of aromatic hydroxyl groups is 1. The number of amides is 1. The van der Waals surface area contributed by atoms with Crippen molar-refractivity contribution >= 4 is 11.6 Å². The van der Waals surface area contributed by atoms with Crippen LogP contribution < -0.4 is 5.32 Å². The van der Waals surface area contributed by atoms with Gasteiger partial charge in [-0.25, -0.2) is 0 Å². The molecule has 1 heterocycles. The van der Waals surface area contributed by atoms with Gasteiger partial charge in [0.25, 0.3) is 0 Å². The summed E-state index contributed by atoms with van der Waals surface area (Å²) < 4.78 is 5.25. The number of rotatable bonds is 3. The summed E-state index contributed by atoms with van der Waals surface area (Å²) in [6.07, 6.45) is 2.47. The summed E-state index contributed by atoms with van der Waals surface area (Å²) in [6, 6.07) is 6.50. The van der Waals surface area contributed by atoms with E-state index >= 15 is 0 Å². The van der Waals surface area contributed by atoms with Crippen LogP contribution in [0.15, 0.2) is 24.3 Å². The predicted molar refractivity (Wildman–Crippen MR) is 64.9 cm³/mol. The third kappa shape index (κ3) is 3.75. The van der Waals surface area contributed by atoms with Gasteiger partial charge in [0.05, 0.1) is 0 Å². The van der Waals surface area contributed by atoms with Gasteiger partial charge >= 0.3 is 0 Å². The van der Waals surface area contributed by atoms with Crippen LogP contribution in [-0.2, 0) is 9.53 Å². The molecule has 1 saturated heterocycles. The van der Waals surface area contributed by atoms with Crippen LogP contribution in [0, 0.1) is 5.92 Å². The van der Waals surface area contributed by atoms with Crippen molar-refractivity contribution in [3.8, 4) is 5.75 Å². The molecule has 0 unspecified atom stereocenters. The van der Waals surface area contributed by atoms with E-state index in [2.05, 4.69) is 5.32 Å². The van der Waals surface area contributed by atoms with Gasteiger partial charge < -0.3 is 15.2 Å². The van der Waals surface area contributed by atoms with Gasteiger partial charge in [0.2, 0.25) is 5.91 Å². The topological polar surface area (TPSA) is 58.6 Å². The Bertz CT molecular complexity index is 369. The maximum Gasteiger partial charge on any atom is 0.224 e. The third-order valence-electron chi connectivity index (χ3n) is 2.97. The van der Waals surface area contributed by atoms with E-state index in [1.165, 1.54) is 0 Å². The van der Waals surface area contributed by atoms with Crippen molar-refractivity contribution in [1.29, 1.82) is 0 Å². The van der Waals surface area contributed by atoms with Gasteiger partial charge in [0, 0.05) is 25.3 Å². The van der Waals surface area contributed by atoms with E-state index in [9.17, 15) is 4.79 Å². The summed E-state index contributed by atoms with van der Waals surface area (Å²) in [4.78, 5) is 11.8. The lowest BCUT2D eigenvalue weighted by molar-refractivity contribution is -0.117. The highest BCUT2D eigenvalue weighted by molar-refractivity contribution is 5.90. The second kappa shape index (κ2) is 5.68. The monoisotopic (exact) mass is 235 g/mol. The molecule has 1 aromatic rings.